The average molecular weight is 145 g/mol. The second-order valence-electron chi connectivity index (χ2n) is 1.83. The Labute approximate surface area is 58.8 Å². The number of carboxylic acid groups (broad SMARTS) is 1. The van der Waals surface area contributed by atoms with Gasteiger partial charge in [-0.2, -0.15) is 0 Å². The molecule has 0 unspecified atom stereocenters. The van der Waals surface area contributed by atoms with Gasteiger partial charge in [0.25, 0.3) is 0 Å². The number of hydrogen-bond donors (Lipinski definition) is 1. The van der Waals surface area contributed by atoms with Gasteiger partial charge in [-0.15, -0.1) is 0 Å². The van der Waals surface area contributed by atoms with Crippen molar-refractivity contribution < 1.29 is 19.4 Å². The minimum Gasteiger partial charge on any atom is -0.481 e. The van der Waals surface area contributed by atoms with Crippen molar-refractivity contribution in [2.24, 2.45) is 0 Å². The van der Waals surface area contributed by atoms with Gasteiger partial charge in [0, 0.05) is 6.92 Å². The zero-order valence-electron chi connectivity index (χ0n) is 5.66. The van der Waals surface area contributed by atoms with Crippen LogP contribution >= 0.6 is 0 Å². The molecule has 0 saturated heterocycles. The zero-order valence-corrected chi connectivity index (χ0v) is 5.66. The van der Waals surface area contributed by atoms with E-state index in [0.29, 0.717) is 0 Å². The largest absolute Gasteiger partial charge is 0.481 e. The number of aliphatic carboxylic acids is 1. The number of carbonyl (C=O) groups excluding carboxylic acids is 1. The van der Waals surface area contributed by atoms with E-state index in [1.807, 2.05) is 0 Å². The molecular formula is C6H9O4. The predicted octanol–water partition coefficient (Wildman–Crippen LogP) is 0.227. The van der Waals surface area contributed by atoms with Gasteiger partial charge < -0.3 is 9.84 Å². The molecule has 0 fully saturated rings. The van der Waals surface area contributed by atoms with Crippen LogP contribution in [0, 0.1) is 6.92 Å². The topological polar surface area (TPSA) is 63.6 Å². The summed E-state index contributed by atoms with van der Waals surface area (Å²) in [5.74, 6) is -1.54. The van der Waals surface area contributed by atoms with Gasteiger partial charge in [-0.3, -0.25) is 9.59 Å². The van der Waals surface area contributed by atoms with Crippen molar-refractivity contribution in [2.45, 2.75) is 19.4 Å². The number of carbonyl (C=O) groups is 2. The number of hydrogen-bond acceptors (Lipinski definition) is 3. The summed E-state index contributed by atoms with van der Waals surface area (Å²) in [6.45, 7) is 4.50. The standard InChI is InChI=1S/C6H9O4/c1-4(3-6(8)9)10-5(2)7/h4H,1,3H2,2H3,(H,8,9)/t4-/m1/s1. The van der Waals surface area contributed by atoms with Gasteiger partial charge in [0.2, 0.25) is 0 Å². The SMILES string of the molecule is [CH2][C@H](CC(=O)O)OC(C)=O. The van der Waals surface area contributed by atoms with E-state index < -0.39 is 18.0 Å². The second kappa shape index (κ2) is 3.87. The summed E-state index contributed by atoms with van der Waals surface area (Å²) in [4.78, 5) is 20.1. The Bertz CT molecular complexity index is 125. The Morgan fingerprint density at radius 3 is 2.50 bits per heavy atom. The lowest BCUT2D eigenvalue weighted by Gasteiger charge is -2.07. The van der Waals surface area contributed by atoms with Gasteiger partial charge in [-0.05, 0) is 6.92 Å². The molecule has 0 aliphatic heterocycles. The van der Waals surface area contributed by atoms with Crippen molar-refractivity contribution in [1.29, 1.82) is 0 Å². The van der Waals surface area contributed by atoms with Crippen LogP contribution in [0.3, 0.4) is 0 Å². The molecule has 0 aromatic heterocycles. The van der Waals surface area contributed by atoms with Crippen LogP contribution in [0.25, 0.3) is 0 Å². The second-order valence-corrected chi connectivity index (χ2v) is 1.83. The lowest BCUT2D eigenvalue weighted by Crippen LogP contribution is -2.16. The zero-order chi connectivity index (χ0) is 8.15. The fraction of sp³-hybridized carbons (Fsp3) is 0.500. The molecule has 1 N–H and O–H groups in total. The molecule has 0 aliphatic carbocycles. The normalized spacial score (nSPS) is 12.2. The van der Waals surface area contributed by atoms with Gasteiger partial charge >= 0.3 is 11.9 Å². The molecule has 57 valence electrons. The molecular weight excluding hydrogens is 136 g/mol. The van der Waals surface area contributed by atoms with Gasteiger partial charge in [0.15, 0.2) is 0 Å². The first kappa shape index (κ1) is 8.94. The Morgan fingerprint density at radius 2 is 2.20 bits per heavy atom. The van der Waals surface area contributed by atoms with Crippen molar-refractivity contribution in [3.05, 3.63) is 6.92 Å². The summed E-state index contributed by atoms with van der Waals surface area (Å²) in [5, 5.41) is 8.17. The van der Waals surface area contributed by atoms with Gasteiger partial charge in [0.05, 0.1) is 6.42 Å². The van der Waals surface area contributed by atoms with E-state index >= 15 is 0 Å². The third-order valence-electron chi connectivity index (χ3n) is 0.735. The number of carboxylic acids is 1. The molecule has 0 heterocycles. The van der Waals surface area contributed by atoms with Crippen LogP contribution in [0.5, 0.6) is 0 Å². The first-order chi connectivity index (χ1) is 4.52. The highest BCUT2D eigenvalue weighted by Gasteiger charge is 2.09. The molecule has 0 rings (SSSR count). The Morgan fingerprint density at radius 1 is 1.70 bits per heavy atom. The minimum absolute atomic E-state index is 0.250. The van der Waals surface area contributed by atoms with Crippen molar-refractivity contribution in [1.82, 2.24) is 0 Å². The summed E-state index contributed by atoms with van der Waals surface area (Å²) >= 11 is 0. The maximum atomic E-state index is 10.2. The van der Waals surface area contributed by atoms with Crippen LogP contribution in [-0.2, 0) is 14.3 Å². The van der Waals surface area contributed by atoms with Crippen LogP contribution in [-0.4, -0.2) is 23.1 Å². The highest BCUT2D eigenvalue weighted by atomic mass is 16.5. The first-order valence-corrected chi connectivity index (χ1v) is 2.74. The van der Waals surface area contributed by atoms with E-state index in [1.165, 1.54) is 6.92 Å². The maximum Gasteiger partial charge on any atom is 0.307 e. The van der Waals surface area contributed by atoms with E-state index in [2.05, 4.69) is 11.7 Å². The molecule has 4 heteroatoms. The van der Waals surface area contributed by atoms with Crippen LogP contribution in [0.4, 0.5) is 0 Å². The highest BCUT2D eigenvalue weighted by molar-refractivity contribution is 5.69. The van der Waals surface area contributed by atoms with Crippen LogP contribution < -0.4 is 0 Å². The molecule has 1 radical (unpaired) electrons. The van der Waals surface area contributed by atoms with Crippen molar-refractivity contribution in [3.8, 4) is 0 Å². The monoisotopic (exact) mass is 145 g/mol. The first-order valence-electron chi connectivity index (χ1n) is 2.74. The molecule has 0 aliphatic rings. The van der Waals surface area contributed by atoms with E-state index in [4.69, 9.17) is 5.11 Å². The summed E-state index contributed by atoms with van der Waals surface area (Å²) in [7, 11) is 0. The third kappa shape index (κ3) is 5.08. The van der Waals surface area contributed by atoms with Crippen molar-refractivity contribution in [2.75, 3.05) is 0 Å². The summed E-state index contributed by atoms with van der Waals surface area (Å²) in [6, 6.07) is 0. The van der Waals surface area contributed by atoms with Crippen LogP contribution in [0.1, 0.15) is 13.3 Å². The van der Waals surface area contributed by atoms with E-state index in [9.17, 15) is 9.59 Å². The lowest BCUT2D eigenvalue weighted by atomic mass is 10.3. The quantitative estimate of drug-likeness (QED) is 0.577. The predicted molar refractivity (Wildman–Crippen MR) is 33.2 cm³/mol. The summed E-state index contributed by atoms with van der Waals surface area (Å²) in [5.41, 5.74) is 0. The maximum absolute atomic E-state index is 10.2. The van der Waals surface area contributed by atoms with Gasteiger partial charge in [-0.25, -0.2) is 0 Å². The molecule has 0 spiro atoms. The third-order valence-corrected chi connectivity index (χ3v) is 0.735. The highest BCUT2D eigenvalue weighted by Crippen LogP contribution is 1.95. The Balaban J connectivity index is 3.53. The lowest BCUT2D eigenvalue weighted by molar-refractivity contribution is -0.148. The van der Waals surface area contributed by atoms with Crippen LogP contribution in [0.2, 0.25) is 0 Å². The number of rotatable bonds is 3. The fourth-order valence-electron chi connectivity index (χ4n) is 0.471. The van der Waals surface area contributed by atoms with Crippen molar-refractivity contribution >= 4 is 11.9 Å². The molecule has 1 atom stereocenters. The molecule has 4 nitrogen and oxygen atoms in total. The molecule has 0 aromatic rings. The number of ether oxygens (including phenoxy) is 1. The summed E-state index contributed by atoms with van der Waals surface area (Å²) < 4.78 is 4.43. The minimum atomic E-state index is -1.03. The molecule has 10 heavy (non-hydrogen) atoms. The smallest absolute Gasteiger partial charge is 0.307 e. The molecule has 0 amide bonds. The Hall–Kier alpha value is -1.06. The van der Waals surface area contributed by atoms with E-state index in [0.717, 1.165) is 0 Å². The van der Waals surface area contributed by atoms with Gasteiger partial charge in [0.1, 0.15) is 6.10 Å². The molecule has 0 aromatic carbocycles. The molecule has 0 bridgehead atoms. The average Bonchev–Trinajstić information content (AvgIpc) is 1.58. The van der Waals surface area contributed by atoms with E-state index in [1.54, 1.807) is 0 Å². The molecule has 0 saturated carbocycles. The summed E-state index contributed by atoms with van der Waals surface area (Å²) in [6.07, 6.45) is -1.03. The van der Waals surface area contributed by atoms with Crippen LogP contribution in [0.15, 0.2) is 0 Å². The Kier molecular flexibility index (Phi) is 3.46. The van der Waals surface area contributed by atoms with Gasteiger partial charge in [-0.1, -0.05) is 0 Å². The fourth-order valence-corrected chi connectivity index (χ4v) is 0.471. The van der Waals surface area contributed by atoms with Crippen molar-refractivity contribution in [3.63, 3.8) is 0 Å². The van der Waals surface area contributed by atoms with E-state index in [-0.39, 0.29) is 6.42 Å². The number of esters is 1.